The minimum Gasteiger partial charge on any atom is -0.349 e. The standard InChI is InChI=1S/C26H38N2O/c1-21(2)9-6-10-22(3)11-7-12-23(4)13-8-14-24(5)15-20-28-26(29)25-16-18-27-19-17-25/h8-9,11,13,15-19,23H,6-7,10,12,14,20H2,1-5H3,(H,28,29). The van der Waals surface area contributed by atoms with Crippen molar-refractivity contribution in [1.29, 1.82) is 0 Å². The van der Waals surface area contributed by atoms with Crippen LogP contribution >= 0.6 is 0 Å². The summed E-state index contributed by atoms with van der Waals surface area (Å²) in [5.74, 6) is 0.515. The molecule has 0 aliphatic heterocycles. The Kier molecular flexibility index (Phi) is 12.4. The van der Waals surface area contributed by atoms with Crippen molar-refractivity contribution in [3.8, 4) is 0 Å². The van der Waals surface area contributed by atoms with Gasteiger partial charge in [0.15, 0.2) is 0 Å². The average Bonchev–Trinajstić information content (AvgIpc) is 2.68. The van der Waals surface area contributed by atoms with E-state index in [0.717, 1.165) is 25.7 Å². The highest BCUT2D eigenvalue weighted by atomic mass is 16.1. The van der Waals surface area contributed by atoms with Crippen LogP contribution in [-0.2, 0) is 0 Å². The van der Waals surface area contributed by atoms with E-state index in [2.05, 4.69) is 75.3 Å². The molecule has 3 heteroatoms. The second kappa shape index (κ2) is 14.6. The van der Waals surface area contributed by atoms with E-state index in [0.29, 0.717) is 18.0 Å². The number of nitrogens with one attached hydrogen (secondary N) is 1. The van der Waals surface area contributed by atoms with Gasteiger partial charge < -0.3 is 5.32 Å². The molecule has 29 heavy (non-hydrogen) atoms. The van der Waals surface area contributed by atoms with E-state index >= 15 is 0 Å². The highest BCUT2D eigenvalue weighted by molar-refractivity contribution is 5.94. The quantitative estimate of drug-likeness (QED) is 0.395. The summed E-state index contributed by atoms with van der Waals surface area (Å²) >= 11 is 0. The van der Waals surface area contributed by atoms with Gasteiger partial charge in [0.2, 0.25) is 0 Å². The molecule has 0 bridgehead atoms. The van der Waals surface area contributed by atoms with Crippen LogP contribution in [0.25, 0.3) is 0 Å². The van der Waals surface area contributed by atoms with E-state index in [9.17, 15) is 4.79 Å². The molecule has 0 fully saturated rings. The van der Waals surface area contributed by atoms with E-state index in [1.165, 1.54) is 23.1 Å². The average molecular weight is 395 g/mol. The number of pyridine rings is 1. The fourth-order valence-corrected chi connectivity index (χ4v) is 2.87. The maximum atomic E-state index is 12.0. The monoisotopic (exact) mass is 394 g/mol. The number of amides is 1. The summed E-state index contributed by atoms with van der Waals surface area (Å²) in [6.07, 6.45) is 20.1. The molecule has 158 valence electrons. The Hall–Kier alpha value is -2.42. The summed E-state index contributed by atoms with van der Waals surface area (Å²) < 4.78 is 0. The Morgan fingerprint density at radius 2 is 1.76 bits per heavy atom. The molecule has 1 unspecified atom stereocenters. The van der Waals surface area contributed by atoms with Gasteiger partial charge in [-0.25, -0.2) is 0 Å². The van der Waals surface area contributed by atoms with E-state index in [1.807, 2.05) is 0 Å². The normalized spacial score (nSPS) is 13.4. The summed E-state index contributed by atoms with van der Waals surface area (Å²) in [5, 5.41) is 2.91. The summed E-state index contributed by atoms with van der Waals surface area (Å²) in [5.41, 5.74) is 4.79. The van der Waals surface area contributed by atoms with Gasteiger partial charge in [-0.1, -0.05) is 54.0 Å². The predicted octanol–water partition coefficient (Wildman–Crippen LogP) is 6.81. The lowest BCUT2D eigenvalue weighted by molar-refractivity contribution is 0.0958. The lowest BCUT2D eigenvalue weighted by Gasteiger charge is -2.05. The number of carbonyl (C=O) groups excluding carboxylic acids is 1. The minimum atomic E-state index is -0.0650. The summed E-state index contributed by atoms with van der Waals surface area (Å²) in [6.45, 7) is 11.5. The minimum absolute atomic E-state index is 0.0650. The van der Waals surface area contributed by atoms with Crippen molar-refractivity contribution in [1.82, 2.24) is 10.3 Å². The van der Waals surface area contributed by atoms with Gasteiger partial charge in [-0.15, -0.1) is 0 Å². The van der Waals surface area contributed by atoms with E-state index in [1.54, 1.807) is 24.5 Å². The van der Waals surface area contributed by atoms with Crippen LogP contribution in [0.15, 0.2) is 71.6 Å². The topological polar surface area (TPSA) is 42.0 Å². The zero-order valence-electron chi connectivity index (χ0n) is 18.9. The number of hydrogen-bond acceptors (Lipinski definition) is 2. The largest absolute Gasteiger partial charge is 0.349 e. The second-order valence-corrected chi connectivity index (χ2v) is 8.05. The van der Waals surface area contributed by atoms with Crippen LogP contribution in [0.3, 0.4) is 0 Å². The van der Waals surface area contributed by atoms with Crippen molar-refractivity contribution in [2.75, 3.05) is 6.54 Å². The van der Waals surface area contributed by atoms with Crippen LogP contribution in [0.1, 0.15) is 77.1 Å². The van der Waals surface area contributed by atoms with E-state index < -0.39 is 0 Å². The smallest absolute Gasteiger partial charge is 0.251 e. The van der Waals surface area contributed by atoms with Crippen molar-refractivity contribution in [2.45, 2.75) is 66.7 Å². The summed E-state index contributed by atoms with van der Waals surface area (Å²) in [4.78, 5) is 15.9. The van der Waals surface area contributed by atoms with E-state index in [-0.39, 0.29) is 5.91 Å². The first-order chi connectivity index (χ1) is 13.9. The molecule has 1 heterocycles. The molecule has 3 nitrogen and oxygen atoms in total. The molecular weight excluding hydrogens is 356 g/mol. The van der Waals surface area contributed by atoms with Gasteiger partial charge in [-0.3, -0.25) is 9.78 Å². The molecule has 1 amide bonds. The lowest BCUT2D eigenvalue weighted by Crippen LogP contribution is -2.23. The molecule has 1 aromatic rings. The fraction of sp³-hybridized carbons (Fsp3) is 0.462. The maximum Gasteiger partial charge on any atom is 0.251 e. The number of allylic oxidation sites excluding steroid dienone is 7. The first-order valence-corrected chi connectivity index (χ1v) is 10.7. The zero-order chi connectivity index (χ0) is 21.5. The van der Waals surface area contributed by atoms with Gasteiger partial charge in [0, 0.05) is 24.5 Å². The molecule has 1 N–H and O–H groups in total. The number of carbonyl (C=O) groups is 1. The van der Waals surface area contributed by atoms with Gasteiger partial charge in [0.1, 0.15) is 0 Å². The summed E-state index contributed by atoms with van der Waals surface area (Å²) in [6, 6.07) is 3.44. The summed E-state index contributed by atoms with van der Waals surface area (Å²) in [7, 11) is 0. The van der Waals surface area contributed by atoms with Gasteiger partial charge in [0.25, 0.3) is 5.91 Å². The molecular formula is C26H38N2O. The van der Waals surface area contributed by atoms with Gasteiger partial charge in [0.05, 0.1) is 0 Å². The van der Waals surface area contributed by atoms with Crippen LogP contribution in [-0.4, -0.2) is 17.4 Å². The molecule has 0 spiro atoms. The third-order valence-corrected chi connectivity index (χ3v) is 4.77. The molecule has 0 saturated carbocycles. The van der Waals surface area contributed by atoms with E-state index in [4.69, 9.17) is 0 Å². The number of nitrogens with zero attached hydrogens (tertiary/aromatic N) is 1. The Balaban J connectivity index is 2.24. The van der Waals surface area contributed by atoms with Crippen molar-refractivity contribution >= 4 is 5.91 Å². The maximum absolute atomic E-state index is 12.0. The highest BCUT2D eigenvalue weighted by Crippen LogP contribution is 2.13. The Bertz CT molecular complexity index is 722. The van der Waals surface area contributed by atoms with Crippen LogP contribution in [0.5, 0.6) is 0 Å². The SMILES string of the molecule is CC(C)=CCCC(C)=CCCC(C)C=CCC(C)=CCNC(=O)c1ccncc1. The highest BCUT2D eigenvalue weighted by Gasteiger charge is 2.02. The molecule has 0 radical (unpaired) electrons. The van der Waals surface area contributed by atoms with Crippen molar-refractivity contribution < 1.29 is 4.79 Å². The van der Waals surface area contributed by atoms with Gasteiger partial charge >= 0.3 is 0 Å². The lowest BCUT2D eigenvalue weighted by atomic mass is 10.0. The predicted molar refractivity (Wildman–Crippen MR) is 125 cm³/mol. The number of hydrogen-bond donors (Lipinski definition) is 1. The van der Waals surface area contributed by atoms with Crippen molar-refractivity contribution in [3.63, 3.8) is 0 Å². The van der Waals surface area contributed by atoms with Crippen molar-refractivity contribution in [3.05, 3.63) is 77.2 Å². The van der Waals surface area contributed by atoms with Crippen LogP contribution in [0, 0.1) is 5.92 Å². The Morgan fingerprint density at radius 3 is 2.45 bits per heavy atom. The first kappa shape index (κ1) is 24.6. The molecule has 0 aliphatic rings. The Labute approximate surface area is 177 Å². The molecule has 0 aliphatic carbocycles. The molecule has 1 atom stereocenters. The third kappa shape index (κ3) is 12.6. The second-order valence-electron chi connectivity index (χ2n) is 8.05. The fourth-order valence-electron chi connectivity index (χ4n) is 2.87. The first-order valence-electron chi connectivity index (χ1n) is 10.7. The van der Waals surface area contributed by atoms with Crippen LogP contribution in [0.2, 0.25) is 0 Å². The zero-order valence-corrected chi connectivity index (χ0v) is 18.9. The molecule has 0 saturated heterocycles. The molecule has 1 aromatic heterocycles. The Morgan fingerprint density at radius 1 is 1.03 bits per heavy atom. The molecule has 0 aromatic carbocycles. The van der Waals surface area contributed by atoms with Crippen molar-refractivity contribution in [2.24, 2.45) is 5.92 Å². The van der Waals surface area contributed by atoms with Crippen LogP contribution < -0.4 is 5.32 Å². The van der Waals surface area contributed by atoms with Crippen LogP contribution in [0.4, 0.5) is 0 Å². The third-order valence-electron chi connectivity index (χ3n) is 4.77. The number of rotatable bonds is 12. The van der Waals surface area contributed by atoms with Gasteiger partial charge in [-0.2, -0.15) is 0 Å². The number of aromatic nitrogens is 1. The molecule has 1 rings (SSSR count). The van der Waals surface area contributed by atoms with Gasteiger partial charge in [-0.05, 0) is 77.8 Å².